The Morgan fingerprint density at radius 2 is 1.00 bits per heavy atom. The van der Waals surface area contributed by atoms with E-state index in [0.29, 0.717) is 13.2 Å². The van der Waals surface area contributed by atoms with Gasteiger partial charge in [0.1, 0.15) is 0 Å². The van der Waals surface area contributed by atoms with Crippen LogP contribution in [0.1, 0.15) is 52.4 Å². The fourth-order valence-corrected chi connectivity index (χ4v) is 2.42. The van der Waals surface area contributed by atoms with Crippen molar-refractivity contribution in [3.8, 4) is 0 Å². The first-order valence-electron chi connectivity index (χ1n) is 10.5. The predicted molar refractivity (Wildman–Crippen MR) is 114 cm³/mol. The van der Waals surface area contributed by atoms with Crippen LogP contribution in [0.5, 0.6) is 0 Å². The van der Waals surface area contributed by atoms with Crippen molar-refractivity contribution in [2.24, 2.45) is 0 Å². The molecule has 0 aliphatic rings. The van der Waals surface area contributed by atoms with Gasteiger partial charge in [0, 0.05) is 54.5 Å². The smallest absolute Gasteiger partial charge is 0.180 e. The van der Waals surface area contributed by atoms with Crippen LogP contribution in [-0.4, -0.2) is 66.8 Å². The van der Waals surface area contributed by atoms with Gasteiger partial charge in [0.2, 0.25) is 0 Å². The zero-order chi connectivity index (χ0) is 21.7. The molecule has 29 heavy (non-hydrogen) atoms. The fraction of sp³-hybridized carbons (Fsp3) is 0.818. The topological polar surface area (TPSA) is 64.6 Å². The molecule has 0 heterocycles. The molecule has 2 unspecified atom stereocenters. The van der Waals surface area contributed by atoms with Crippen LogP contribution in [0.3, 0.4) is 0 Å². The molecule has 0 spiro atoms. The molecule has 0 aromatic heterocycles. The minimum Gasteiger partial charge on any atom is -0.356 e. The maximum Gasteiger partial charge on any atom is 0.180 e. The highest BCUT2D eigenvalue weighted by Crippen LogP contribution is 2.11. The van der Waals surface area contributed by atoms with Crippen molar-refractivity contribution in [3.63, 3.8) is 0 Å². The first-order chi connectivity index (χ1) is 14.1. The van der Waals surface area contributed by atoms with Crippen molar-refractivity contribution < 1.29 is 33.2 Å². The van der Waals surface area contributed by atoms with Crippen molar-refractivity contribution in [2.75, 3.05) is 41.7 Å². The van der Waals surface area contributed by atoms with E-state index in [0.717, 1.165) is 38.5 Å². The lowest BCUT2D eigenvalue weighted by Gasteiger charge is -2.21. The summed E-state index contributed by atoms with van der Waals surface area (Å²) in [6.07, 6.45) is 11.5. The summed E-state index contributed by atoms with van der Waals surface area (Å²) < 4.78 is 38.5. The van der Waals surface area contributed by atoms with Gasteiger partial charge >= 0.3 is 0 Å². The molecule has 0 fully saturated rings. The molecule has 172 valence electrons. The Morgan fingerprint density at radius 1 is 0.621 bits per heavy atom. The van der Waals surface area contributed by atoms with Gasteiger partial charge in [0.05, 0.1) is 0 Å². The number of allylic oxidation sites excluding steroid dienone is 2. The van der Waals surface area contributed by atoms with Crippen molar-refractivity contribution in [2.45, 2.75) is 77.5 Å². The van der Waals surface area contributed by atoms with Crippen molar-refractivity contribution >= 4 is 0 Å². The second-order valence-corrected chi connectivity index (χ2v) is 6.43. The Labute approximate surface area is 177 Å². The van der Waals surface area contributed by atoms with E-state index < -0.39 is 12.6 Å². The van der Waals surface area contributed by atoms with E-state index >= 15 is 0 Å². The second kappa shape index (κ2) is 20.5. The lowest BCUT2D eigenvalue weighted by Crippen LogP contribution is -2.25. The van der Waals surface area contributed by atoms with Crippen molar-refractivity contribution in [3.05, 3.63) is 24.3 Å². The van der Waals surface area contributed by atoms with E-state index in [9.17, 15) is 0 Å². The van der Waals surface area contributed by atoms with E-state index in [1.807, 2.05) is 24.3 Å². The first-order valence-corrected chi connectivity index (χ1v) is 10.5. The molecular formula is C22H42O7. The molecule has 0 aromatic carbocycles. The van der Waals surface area contributed by atoms with Gasteiger partial charge < -0.3 is 33.2 Å². The Kier molecular flexibility index (Phi) is 19.9. The molecule has 7 heteroatoms. The summed E-state index contributed by atoms with van der Waals surface area (Å²) in [6.45, 7) is 5.35. The summed E-state index contributed by atoms with van der Waals surface area (Å²) in [5, 5.41) is 0. The van der Waals surface area contributed by atoms with Gasteiger partial charge in [-0.25, -0.2) is 0 Å². The minimum atomic E-state index is -0.476. The monoisotopic (exact) mass is 418 g/mol. The fourth-order valence-electron chi connectivity index (χ4n) is 2.42. The largest absolute Gasteiger partial charge is 0.356 e. The van der Waals surface area contributed by atoms with Crippen LogP contribution in [0.25, 0.3) is 0 Å². The Morgan fingerprint density at radius 3 is 1.31 bits per heavy atom. The number of ether oxygens (including phenoxy) is 7. The summed E-state index contributed by atoms with van der Waals surface area (Å²) in [5.41, 5.74) is 0. The molecule has 0 radical (unpaired) electrons. The molecule has 0 aromatic rings. The van der Waals surface area contributed by atoms with Crippen LogP contribution in [0.4, 0.5) is 0 Å². The van der Waals surface area contributed by atoms with Gasteiger partial charge in [-0.1, -0.05) is 26.0 Å². The van der Waals surface area contributed by atoms with Crippen LogP contribution in [0.15, 0.2) is 24.3 Å². The van der Waals surface area contributed by atoms with E-state index in [1.165, 1.54) is 0 Å². The number of rotatable bonds is 20. The van der Waals surface area contributed by atoms with Crippen molar-refractivity contribution in [1.29, 1.82) is 0 Å². The molecule has 0 N–H and O–H groups in total. The standard InChI is InChI=1S/C22H42O7/c1-7-17-27-21(15-11-9-13-19(23-3)24-4)29-22(28-18-8-2)16-12-10-14-20(25-5)26-6/h11-12,15-16,19-22H,7-10,13-14,17-18H2,1-6H3. The Hall–Kier alpha value is -0.800. The highest BCUT2D eigenvalue weighted by atomic mass is 16.8. The van der Waals surface area contributed by atoms with Gasteiger partial charge in [0.25, 0.3) is 0 Å². The molecular weight excluding hydrogens is 376 g/mol. The quantitative estimate of drug-likeness (QED) is 0.214. The predicted octanol–water partition coefficient (Wildman–Crippen LogP) is 4.42. The average molecular weight is 419 g/mol. The van der Waals surface area contributed by atoms with Crippen molar-refractivity contribution in [1.82, 2.24) is 0 Å². The van der Waals surface area contributed by atoms with E-state index in [4.69, 9.17) is 33.2 Å². The van der Waals surface area contributed by atoms with E-state index in [1.54, 1.807) is 28.4 Å². The maximum atomic E-state index is 6.03. The third-order valence-corrected chi connectivity index (χ3v) is 4.02. The molecule has 2 atom stereocenters. The number of hydrogen-bond donors (Lipinski definition) is 0. The molecule has 0 aliphatic heterocycles. The number of hydrogen-bond acceptors (Lipinski definition) is 7. The number of methoxy groups -OCH3 is 4. The van der Waals surface area contributed by atoms with Crippen LogP contribution in [0, 0.1) is 0 Å². The Bertz CT molecular complexity index is 357. The van der Waals surface area contributed by atoms with Gasteiger partial charge in [0.15, 0.2) is 25.2 Å². The summed E-state index contributed by atoms with van der Waals surface area (Å²) >= 11 is 0. The van der Waals surface area contributed by atoms with Gasteiger partial charge in [-0.15, -0.1) is 0 Å². The molecule has 0 bridgehead atoms. The maximum absolute atomic E-state index is 6.03. The second-order valence-electron chi connectivity index (χ2n) is 6.43. The third kappa shape index (κ3) is 15.7. The molecule has 0 rings (SSSR count). The highest BCUT2D eigenvalue weighted by Gasteiger charge is 2.13. The van der Waals surface area contributed by atoms with Gasteiger partial charge in [-0.2, -0.15) is 0 Å². The molecule has 0 saturated carbocycles. The zero-order valence-electron chi connectivity index (χ0n) is 19.1. The van der Waals surface area contributed by atoms with Gasteiger partial charge in [-0.05, 0) is 37.8 Å². The molecule has 0 saturated heterocycles. The van der Waals surface area contributed by atoms with Crippen LogP contribution >= 0.6 is 0 Å². The van der Waals surface area contributed by atoms with E-state index in [2.05, 4.69) is 13.8 Å². The summed E-state index contributed by atoms with van der Waals surface area (Å²) in [4.78, 5) is 0. The third-order valence-electron chi connectivity index (χ3n) is 4.02. The van der Waals surface area contributed by atoms with Gasteiger partial charge in [-0.3, -0.25) is 0 Å². The molecule has 0 aliphatic carbocycles. The zero-order valence-corrected chi connectivity index (χ0v) is 19.1. The first kappa shape index (κ1) is 28.2. The highest BCUT2D eigenvalue weighted by molar-refractivity contribution is 4.90. The summed E-state index contributed by atoms with van der Waals surface area (Å²) in [6, 6.07) is 0. The summed E-state index contributed by atoms with van der Waals surface area (Å²) in [7, 11) is 6.55. The molecule has 7 nitrogen and oxygen atoms in total. The van der Waals surface area contributed by atoms with Crippen LogP contribution < -0.4 is 0 Å². The lowest BCUT2D eigenvalue weighted by molar-refractivity contribution is -0.207. The van der Waals surface area contributed by atoms with E-state index in [-0.39, 0.29) is 12.6 Å². The average Bonchev–Trinajstić information content (AvgIpc) is 2.75. The Balaban J connectivity index is 4.74. The molecule has 0 amide bonds. The minimum absolute atomic E-state index is 0.206. The lowest BCUT2D eigenvalue weighted by atomic mass is 10.2. The summed E-state index contributed by atoms with van der Waals surface area (Å²) in [5.74, 6) is 0. The normalized spacial score (nSPS) is 14.6. The van der Waals surface area contributed by atoms with Crippen LogP contribution in [0.2, 0.25) is 0 Å². The van der Waals surface area contributed by atoms with Crippen LogP contribution in [-0.2, 0) is 33.2 Å². The SMILES string of the molecule is CCCOC(C=CCCC(OC)OC)OC(C=CCCC(OC)OC)OCCC.